The van der Waals surface area contributed by atoms with Crippen molar-refractivity contribution in [2.24, 2.45) is 0 Å². The molecule has 0 unspecified atom stereocenters. The zero-order valence-electron chi connectivity index (χ0n) is 12.6. The summed E-state index contributed by atoms with van der Waals surface area (Å²) < 4.78 is 5.36. The third-order valence-corrected chi connectivity index (χ3v) is 4.58. The van der Waals surface area contributed by atoms with Crippen LogP contribution in [0.3, 0.4) is 0 Å². The Morgan fingerprint density at radius 1 is 1.41 bits per heavy atom. The highest BCUT2D eigenvalue weighted by Gasteiger charge is 2.44. The van der Waals surface area contributed by atoms with Crippen LogP contribution in [0, 0.1) is 0 Å². The molecule has 1 aliphatic rings. The van der Waals surface area contributed by atoms with Gasteiger partial charge in [0.05, 0.1) is 0 Å². The Morgan fingerprint density at radius 2 is 2.09 bits per heavy atom. The van der Waals surface area contributed by atoms with E-state index in [0.29, 0.717) is 10.8 Å². The zero-order valence-corrected chi connectivity index (χ0v) is 14.1. The molecule has 0 spiro atoms. The van der Waals surface area contributed by atoms with Gasteiger partial charge in [0, 0.05) is 10.8 Å². The second kappa shape index (κ2) is 6.38. The first-order chi connectivity index (χ1) is 10.2. The number of benzene rings is 1. The van der Waals surface area contributed by atoms with Crippen LogP contribution in [-0.4, -0.2) is 39.5 Å². The molecular formula is C15H18ClNO4S. The highest BCUT2D eigenvalue weighted by Crippen LogP contribution is 2.42. The molecule has 0 bridgehead atoms. The number of hydrogen-bond acceptors (Lipinski definition) is 4. The maximum atomic E-state index is 12.4. The number of aliphatic carboxylic acids is 1. The Morgan fingerprint density at radius 3 is 2.64 bits per heavy atom. The van der Waals surface area contributed by atoms with Gasteiger partial charge in [0.2, 0.25) is 0 Å². The number of carbonyl (C=O) groups excluding carboxylic acids is 1. The van der Waals surface area contributed by atoms with E-state index >= 15 is 0 Å². The lowest BCUT2D eigenvalue weighted by molar-refractivity contribution is -0.142. The average Bonchev–Trinajstić information content (AvgIpc) is 2.81. The van der Waals surface area contributed by atoms with E-state index in [0.717, 1.165) is 5.56 Å². The molecule has 0 aromatic heterocycles. The van der Waals surface area contributed by atoms with Gasteiger partial charge in [-0.15, -0.1) is 11.8 Å². The summed E-state index contributed by atoms with van der Waals surface area (Å²) in [6, 6.07) is 6.16. The van der Waals surface area contributed by atoms with E-state index in [1.807, 2.05) is 6.07 Å². The van der Waals surface area contributed by atoms with Crippen LogP contribution in [0.5, 0.6) is 0 Å². The summed E-state index contributed by atoms with van der Waals surface area (Å²) in [6.45, 7) is 5.24. The Kier molecular flexibility index (Phi) is 4.92. The Hall–Kier alpha value is -1.40. The Bertz CT molecular complexity index is 587. The molecular weight excluding hydrogens is 326 g/mol. The number of halogens is 1. The first kappa shape index (κ1) is 17.0. The van der Waals surface area contributed by atoms with Crippen LogP contribution in [0.4, 0.5) is 4.79 Å². The molecule has 1 aromatic carbocycles. The molecule has 1 saturated heterocycles. The smallest absolute Gasteiger partial charge is 0.412 e. The lowest BCUT2D eigenvalue weighted by atomic mass is 10.2. The van der Waals surface area contributed by atoms with E-state index in [9.17, 15) is 14.7 Å². The number of carboxylic acid groups (broad SMARTS) is 1. The molecule has 1 aliphatic heterocycles. The van der Waals surface area contributed by atoms with E-state index in [-0.39, 0.29) is 0 Å². The summed E-state index contributed by atoms with van der Waals surface area (Å²) in [5.41, 5.74) is 0.0961. The van der Waals surface area contributed by atoms with Crippen LogP contribution in [0.1, 0.15) is 31.7 Å². The first-order valence-electron chi connectivity index (χ1n) is 6.80. The summed E-state index contributed by atoms with van der Waals surface area (Å²) >= 11 is 7.38. The molecule has 120 valence electrons. The number of carboxylic acids is 1. The van der Waals surface area contributed by atoms with E-state index in [4.69, 9.17) is 16.3 Å². The second-order valence-corrected chi connectivity index (χ2v) is 7.53. The minimum atomic E-state index is -1.04. The van der Waals surface area contributed by atoms with Gasteiger partial charge in [0.1, 0.15) is 17.0 Å². The third-order valence-electron chi connectivity index (χ3n) is 3.02. The van der Waals surface area contributed by atoms with Crippen molar-refractivity contribution in [2.45, 2.75) is 37.8 Å². The van der Waals surface area contributed by atoms with Crippen molar-refractivity contribution < 1.29 is 19.4 Å². The standard InChI is InChI=1S/C15H18ClNO4S/c1-15(2,3)21-14(20)17-11(13(18)19)8-22-12(17)9-5-4-6-10(16)7-9/h4-7,11-12H,8H2,1-3H3,(H,18,19)/t11-,12+/m0/s1. The highest BCUT2D eigenvalue weighted by atomic mass is 35.5. The van der Waals surface area contributed by atoms with Crippen LogP contribution in [0.2, 0.25) is 5.02 Å². The number of thioether (sulfide) groups is 1. The van der Waals surface area contributed by atoms with Crippen molar-refractivity contribution >= 4 is 35.4 Å². The fourth-order valence-corrected chi connectivity index (χ4v) is 3.75. The minimum Gasteiger partial charge on any atom is -0.480 e. The van der Waals surface area contributed by atoms with Crippen molar-refractivity contribution in [3.63, 3.8) is 0 Å². The SMILES string of the molecule is CC(C)(C)OC(=O)N1[C@@H](c2cccc(Cl)c2)SC[C@H]1C(=O)O. The molecule has 2 atom stereocenters. The van der Waals surface area contributed by atoms with E-state index in [1.54, 1.807) is 39.0 Å². The molecule has 0 radical (unpaired) electrons. The van der Waals surface area contributed by atoms with Crippen LogP contribution >= 0.6 is 23.4 Å². The van der Waals surface area contributed by atoms with Crippen molar-refractivity contribution in [1.82, 2.24) is 4.90 Å². The number of hydrogen-bond donors (Lipinski definition) is 1. The van der Waals surface area contributed by atoms with Gasteiger partial charge in [-0.2, -0.15) is 0 Å². The quantitative estimate of drug-likeness (QED) is 0.885. The number of carbonyl (C=O) groups is 2. The molecule has 1 N–H and O–H groups in total. The lowest BCUT2D eigenvalue weighted by Crippen LogP contribution is -2.45. The van der Waals surface area contributed by atoms with Crippen LogP contribution in [-0.2, 0) is 9.53 Å². The lowest BCUT2D eigenvalue weighted by Gasteiger charge is -2.30. The van der Waals surface area contributed by atoms with E-state index < -0.39 is 29.1 Å². The predicted molar refractivity (Wildman–Crippen MR) is 86.1 cm³/mol. The number of nitrogens with zero attached hydrogens (tertiary/aromatic N) is 1. The minimum absolute atomic E-state index is 0.311. The monoisotopic (exact) mass is 343 g/mol. The zero-order chi connectivity index (χ0) is 16.5. The molecule has 2 rings (SSSR count). The van der Waals surface area contributed by atoms with Crippen molar-refractivity contribution in [3.05, 3.63) is 34.9 Å². The summed E-state index contributed by atoms with van der Waals surface area (Å²) in [5, 5.41) is 9.48. The molecule has 1 heterocycles. The molecule has 22 heavy (non-hydrogen) atoms. The fraction of sp³-hybridized carbons (Fsp3) is 0.467. The molecule has 1 fully saturated rings. The largest absolute Gasteiger partial charge is 0.480 e. The van der Waals surface area contributed by atoms with Crippen LogP contribution in [0.25, 0.3) is 0 Å². The van der Waals surface area contributed by atoms with Gasteiger partial charge in [-0.1, -0.05) is 23.7 Å². The summed E-state index contributed by atoms with van der Waals surface area (Å²) in [5.74, 6) is -0.728. The normalized spacial score (nSPS) is 21.7. The van der Waals surface area contributed by atoms with Gasteiger partial charge in [-0.05, 0) is 38.5 Å². The van der Waals surface area contributed by atoms with Gasteiger partial charge in [-0.25, -0.2) is 9.59 Å². The van der Waals surface area contributed by atoms with Crippen molar-refractivity contribution in [3.8, 4) is 0 Å². The maximum Gasteiger partial charge on any atom is 0.412 e. The van der Waals surface area contributed by atoms with Gasteiger partial charge in [-0.3, -0.25) is 4.90 Å². The van der Waals surface area contributed by atoms with Gasteiger partial charge >= 0.3 is 12.1 Å². The second-order valence-electron chi connectivity index (χ2n) is 5.98. The Labute approximate surface area is 138 Å². The predicted octanol–water partition coefficient (Wildman–Crippen LogP) is 3.78. The molecule has 0 saturated carbocycles. The number of rotatable bonds is 2. The summed E-state index contributed by atoms with van der Waals surface area (Å²) in [6.07, 6.45) is -0.630. The van der Waals surface area contributed by atoms with E-state index in [1.165, 1.54) is 16.7 Å². The van der Waals surface area contributed by atoms with Crippen molar-refractivity contribution in [2.75, 3.05) is 5.75 Å². The molecule has 5 nitrogen and oxygen atoms in total. The van der Waals surface area contributed by atoms with Gasteiger partial charge in [0.15, 0.2) is 0 Å². The maximum absolute atomic E-state index is 12.4. The van der Waals surface area contributed by atoms with Crippen LogP contribution < -0.4 is 0 Å². The van der Waals surface area contributed by atoms with E-state index in [2.05, 4.69) is 0 Å². The average molecular weight is 344 g/mol. The van der Waals surface area contributed by atoms with Gasteiger partial charge in [0.25, 0.3) is 0 Å². The van der Waals surface area contributed by atoms with Crippen LogP contribution in [0.15, 0.2) is 24.3 Å². The topological polar surface area (TPSA) is 66.8 Å². The molecule has 7 heteroatoms. The fourth-order valence-electron chi connectivity index (χ4n) is 2.15. The summed E-state index contributed by atoms with van der Waals surface area (Å²) in [7, 11) is 0. The molecule has 0 aliphatic carbocycles. The molecule has 1 aromatic rings. The van der Waals surface area contributed by atoms with Gasteiger partial charge < -0.3 is 9.84 Å². The molecule has 1 amide bonds. The third kappa shape index (κ3) is 3.87. The number of amides is 1. The number of ether oxygens (including phenoxy) is 1. The first-order valence-corrected chi connectivity index (χ1v) is 8.23. The summed E-state index contributed by atoms with van der Waals surface area (Å²) in [4.78, 5) is 25.2. The Balaban J connectivity index is 2.32. The van der Waals surface area contributed by atoms with Crippen molar-refractivity contribution in [1.29, 1.82) is 0 Å². The highest BCUT2D eigenvalue weighted by molar-refractivity contribution is 7.99.